The normalized spacial score (nSPS) is 11.0. The molecule has 0 fully saturated rings. The first-order valence-corrected chi connectivity index (χ1v) is 8.76. The molecule has 0 saturated carbocycles. The average molecular weight is 358 g/mol. The number of hydrogen-bond acceptors (Lipinski definition) is 6. The summed E-state index contributed by atoms with van der Waals surface area (Å²) < 4.78 is 5.71. The predicted octanol–water partition coefficient (Wildman–Crippen LogP) is 4.60. The summed E-state index contributed by atoms with van der Waals surface area (Å²) in [6.45, 7) is 11.6. The van der Waals surface area contributed by atoms with Gasteiger partial charge in [0.1, 0.15) is 12.1 Å². The lowest BCUT2D eigenvalue weighted by Crippen LogP contribution is -2.32. The Balaban J connectivity index is 2.45. The summed E-state index contributed by atoms with van der Waals surface area (Å²) >= 11 is 0. The average Bonchev–Trinajstić information content (AvgIpc) is 2.55. The van der Waals surface area contributed by atoms with E-state index < -0.39 is 4.92 Å². The van der Waals surface area contributed by atoms with E-state index in [0.29, 0.717) is 36.5 Å². The second kappa shape index (κ2) is 8.60. The van der Waals surface area contributed by atoms with Crippen LogP contribution in [0.15, 0.2) is 30.6 Å². The van der Waals surface area contributed by atoms with Gasteiger partial charge in [0.05, 0.1) is 4.92 Å². The minimum Gasteiger partial charge on any atom is -0.434 e. The minimum atomic E-state index is -0.466. The van der Waals surface area contributed by atoms with Gasteiger partial charge >= 0.3 is 11.6 Å². The van der Waals surface area contributed by atoms with Gasteiger partial charge in [0.2, 0.25) is 5.82 Å². The van der Waals surface area contributed by atoms with E-state index >= 15 is 0 Å². The van der Waals surface area contributed by atoms with Gasteiger partial charge in [-0.1, -0.05) is 45.4 Å². The maximum Gasteiger partial charge on any atom is 0.373 e. The fourth-order valence-corrected chi connectivity index (χ4v) is 2.67. The number of aryl methyl sites for hydroxylation is 1. The number of nitro groups is 1. The quantitative estimate of drug-likeness (QED) is 0.506. The summed E-state index contributed by atoms with van der Waals surface area (Å²) in [6.07, 6.45) is 1.32. The summed E-state index contributed by atoms with van der Waals surface area (Å²) in [5.41, 5.74) is 0.879. The molecule has 0 saturated heterocycles. The molecule has 0 aliphatic carbocycles. The third kappa shape index (κ3) is 5.15. The first kappa shape index (κ1) is 19.6. The van der Waals surface area contributed by atoms with Crippen molar-refractivity contribution in [2.75, 3.05) is 18.0 Å². The molecule has 140 valence electrons. The molecule has 7 heteroatoms. The van der Waals surface area contributed by atoms with Crippen LogP contribution in [-0.4, -0.2) is 28.0 Å². The van der Waals surface area contributed by atoms with E-state index in [9.17, 15) is 10.1 Å². The molecule has 7 nitrogen and oxygen atoms in total. The van der Waals surface area contributed by atoms with Crippen LogP contribution in [0.25, 0.3) is 0 Å². The summed E-state index contributed by atoms with van der Waals surface area (Å²) in [6, 6.07) is 7.29. The van der Waals surface area contributed by atoms with Crippen LogP contribution in [0, 0.1) is 28.9 Å². The van der Waals surface area contributed by atoms with Crippen LogP contribution in [0.5, 0.6) is 11.6 Å². The van der Waals surface area contributed by atoms with Crippen LogP contribution in [0.1, 0.15) is 33.3 Å². The fourth-order valence-electron chi connectivity index (χ4n) is 2.67. The Kier molecular flexibility index (Phi) is 6.49. The highest BCUT2D eigenvalue weighted by Crippen LogP contribution is 2.36. The van der Waals surface area contributed by atoms with Crippen molar-refractivity contribution in [3.63, 3.8) is 0 Å². The Morgan fingerprint density at radius 1 is 1.08 bits per heavy atom. The molecule has 0 atom stereocenters. The monoisotopic (exact) mass is 358 g/mol. The summed E-state index contributed by atoms with van der Waals surface area (Å²) in [7, 11) is 0. The number of ether oxygens (including phenoxy) is 1. The number of hydrogen-bond donors (Lipinski definition) is 0. The second-order valence-corrected chi connectivity index (χ2v) is 7.22. The van der Waals surface area contributed by atoms with Gasteiger partial charge in [0.25, 0.3) is 0 Å². The van der Waals surface area contributed by atoms with Gasteiger partial charge in [-0.05, 0) is 30.9 Å². The number of rotatable bonds is 8. The first-order chi connectivity index (χ1) is 12.3. The molecule has 2 aromatic rings. The van der Waals surface area contributed by atoms with Gasteiger partial charge < -0.3 is 9.64 Å². The van der Waals surface area contributed by atoms with E-state index in [2.05, 4.69) is 37.7 Å². The van der Waals surface area contributed by atoms with E-state index in [0.717, 1.165) is 5.56 Å². The standard InChI is InChI=1S/C19H26N4O3/c1-13(2)10-22(11-14(3)4)18-17(23(24)25)19(21-12-20-18)26-16-8-6-15(5)7-9-16/h6-9,12-14H,10-11H2,1-5H3. The number of anilines is 1. The summed E-state index contributed by atoms with van der Waals surface area (Å²) in [5, 5.41) is 11.8. The van der Waals surface area contributed by atoms with Crippen molar-refractivity contribution in [2.24, 2.45) is 11.8 Å². The molecule has 1 heterocycles. The van der Waals surface area contributed by atoms with Crippen molar-refractivity contribution in [3.05, 3.63) is 46.3 Å². The molecule has 26 heavy (non-hydrogen) atoms. The van der Waals surface area contributed by atoms with Crippen molar-refractivity contribution in [1.29, 1.82) is 0 Å². The highest BCUT2D eigenvalue weighted by atomic mass is 16.6. The smallest absolute Gasteiger partial charge is 0.373 e. The van der Waals surface area contributed by atoms with E-state index in [1.807, 2.05) is 24.0 Å². The molecule has 1 aromatic carbocycles. The molecule has 0 aliphatic heterocycles. The molecule has 0 bridgehead atoms. The minimum absolute atomic E-state index is 0.0404. The van der Waals surface area contributed by atoms with E-state index in [1.165, 1.54) is 6.33 Å². The van der Waals surface area contributed by atoms with Crippen LogP contribution in [0.2, 0.25) is 0 Å². The van der Waals surface area contributed by atoms with Crippen molar-refractivity contribution in [1.82, 2.24) is 9.97 Å². The second-order valence-electron chi connectivity index (χ2n) is 7.22. The SMILES string of the molecule is Cc1ccc(Oc2ncnc(N(CC(C)C)CC(C)C)c2[N+](=O)[O-])cc1. The maximum atomic E-state index is 11.8. The maximum absolute atomic E-state index is 11.8. The zero-order valence-corrected chi connectivity index (χ0v) is 16.0. The molecule has 1 aromatic heterocycles. The molecule has 2 rings (SSSR count). The molecule has 0 spiro atoms. The van der Waals surface area contributed by atoms with Gasteiger partial charge in [-0.2, -0.15) is 4.98 Å². The Bertz CT molecular complexity index is 735. The van der Waals surface area contributed by atoms with Crippen LogP contribution in [-0.2, 0) is 0 Å². The Hall–Kier alpha value is -2.70. The highest BCUT2D eigenvalue weighted by Gasteiger charge is 2.29. The van der Waals surface area contributed by atoms with E-state index in [1.54, 1.807) is 12.1 Å². The van der Waals surface area contributed by atoms with Crippen LogP contribution >= 0.6 is 0 Å². The Morgan fingerprint density at radius 2 is 1.65 bits per heavy atom. The molecule has 0 aliphatic rings. The van der Waals surface area contributed by atoms with E-state index in [-0.39, 0.29) is 11.6 Å². The van der Waals surface area contributed by atoms with Crippen molar-refractivity contribution in [3.8, 4) is 11.6 Å². The summed E-state index contributed by atoms with van der Waals surface area (Å²) in [4.78, 5) is 21.5. The first-order valence-electron chi connectivity index (χ1n) is 8.76. The van der Waals surface area contributed by atoms with Crippen molar-refractivity contribution < 1.29 is 9.66 Å². The predicted molar refractivity (Wildman–Crippen MR) is 102 cm³/mol. The van der Waals surface area contributed by atoms with Crippen molar-refractivity contribution >= 4 is 11.5 Å². The third-order valence-corrected chi connectivity index (χ3v) is 3.66. The lowest BCUT2D eigenvalue weighted by molar-refractivity contribution is -0.385. The van der Waals surface area contributed by atoms with E-state index in [4.69, 9.17) is 4.74 Å². The third-order valence-electron chi connectivity index (χ3n) is 3.66. The van der Waals surface area contributed by atoms with Gasteiger partial charge in [0.15, 0.2) is 0 Å². The van der Waals surface area contributed by atoms with Crippen molar-refractivity contribution in [2.45, 2.75) is 34.6 Å². The number of aromatic nitrogens is 2. The molecule has 0 radical (unpaired) electrons. The van der Waals surface area contributed by atoms with Crippen LogP contribution < -0.4 is 9.64 Å². The topological polar surface area (TPSA) is 81.4 Å². The Morgan fingerprint density at radius 3 is 2.15 bits per heavy atom. The summed E-state index contributed by atoms with van der Waals surface area (Å²) in [5.74, 6) is 1.44. The highest BCUT2D eigenvalue weighted by molar-refractivity contribution is 5.63. The Labute approximate surface area is 154 Å². The largest absolute Gasteiger partial charge is 0.434 e. The zero-order chi connectivity index (χ0) is 19.3. The number of nitrogens with zero attached hydrogens (tertiary/aromatic N) is 4. The molecule has 0 amide bonds. The molecular formula is C19H26N4O3. The van der Waals surface area contributed by atoms with Gasteiger partial charge in [-0.25, -0.2) is 4.98 Å². The zero-order valence-electron chi connectivity index (χ0n) is 16.0. The fraction of sp³-hybridized carbons (Fsp3) is 0.474. The molecular weight excluding hydrogens is 332 g/mol. The van der Waals surface area contributed by atoms with Gasteiger partial charge in [-0.3, -0.25) is 10.1 Å². The molecule has 0 N–H and O–H groups in total. The lowest BCUT2D eigenvalue weighted by Gasteiger charge is -2.27. The lowest BCUT2D eigenvalue weighted by atomic mass is 10.1. The number of benzene rings is 1. The van der Waals surface area contributed by atoms with Crippen LogP contribution in [0.4, 0.5) is 11.5 Å². The molecule has 0 unspecified atom stereocenters. The van der Waals surface area contributed by atoms with Crippen LogP contribution in [0.3, 0.4) is 0 Å². The van der Waals surface area contributed by atoms with Gasteiger partial charge in [-0.15, -0.1) is 0 Å². The van der Waals surface area contributed by atoms with Gasteiger partial charge in [0, 0.05) is 13.1 Å².